The Morgan fingerprint density at radius 1 is 1.00 bits per heavy atom. The van der Waals surface area contributed by atoms with E-state index in [9.17, 15) is 0 Å². The zero-order valence-corrected chi connectivity index (χ0v) is 17.8. The summed E-state index contributed by atoms with van der Waals surface area (Å²) in [5.41, 5.74) is 6.98. The van der Waals surface area contributed by atoms with E-state index < -0.39 is 8.07 Å². The maximum absolute atomic E-state index is 2.50. The Morgan fingerprint density at radius 2 is 1.62 bits per heavy atom. The van der Waals surface area contributed by atoms with E-state index in [0.717, 1.165) is 0 Å². The highest BCUT2D eigenvalue weighted by Crippen LogP contribution is 2.26. The molecule has 0 N–H and O–H groups in total. The van der Waals surface area contributed by atoms with Crippen LogP contribution in [-0.4, -0.2) is 8.07 Å². The van der Waals surface area contributed by atoms with Crippen LogP contribution in [0.4, 0.5) is 0 Å². The molecule has 2 heteroatoms. The van der Waals surface area contributed by atoms with Gasteiger partial charge < -0.3 is 0 Å². The van der Waals surface area contributed by atoms with Crippen LogP contribution in [-0.2, 0) is 7.05 Å². The number of benzene rings is 1. The van der Waals surface area contributed by atoms with E-state index >= 15 is 0 Å². The number of hydrogen-bond donors (Lipinski definition) is 0. The van der Waals surface area contributed by atoms with Crippen LogP contribution in [0.25, 0.3) is 11.3 Å². The van der Waals surface area contributed by atoms with Gasteiger partial charge in [0.05, 0.1) is 8.07 Å². The first-order valence-electron chi connectivity index (χ1n) is 9.30. The molecule has 0 saturated carbocycles. The molecule has 2 rings (SSSR count). The largest absolute Gasteiger partial charge is 0.212 e. The maximum atomic E-state index is 2.50. The van der Waals surface area contributed by atoms with Crippen LogP contribution >= 0.6 is 0 Å². The van der Waals surface area contributed by atoms with Crippen LogP contribution in [0.5, 0.6) is 0 Å². The second kappa shape index (κ2) is 7.22. The highest BCUT2D eigenvalue weighted by molar-refractivity contribution is 6.89. The molecule has 0 aliphatic heterocycles. The first-order chi connectivity index (χ1) is 11.2. The standard InChI is InChI=1S/C22H34NSi/c1-9-18(10-2)20-15-23(5)21(14-22(20)24(6,7)8)19-13-16(3)11-12-17(19)4/h11-15,18H,9-10H2,1-8H3/q+1. The molecule has 24 heavy (non-hydrogen) atoms. The van der Waals surface area contributed by atoms with Gasteiger partial charge in [-0.1, -0.05) is 51.2 Å². The third kappa shape index (κ3) is 3.80. The van der Waals surface area contributed by atoms with Gasteiger partial charge in [-0.3, -0.25) is 0 Å². The number of rotatable bonds is 5. The van der Waals surface area contributed by atoms with E-state index in [-0.39, 0.29) is 0 Å². The van der Waals surface area contributed by atoms with Crippen LogP contribution < -0.4 is 9.75 Å². The summed E-state index contributed by atoms with van der Waals surface area (Å²) in [4.78, 5) is 0. The van der Waals surface area contributed by atoms with Crippen LogP contribution in [0.1, 0.15) is 49.3 Å². The molecule has 0 amide bonds. The van der Waals surface area contributed by atoms with E-state index in [2.05, 4.69) is 89.4 Å². The first-order valence-corrected chi connectivity index (χ1v) is 12.8. The predicted molar refractivity (Wildman–Crippen MR) is 109 cm³/mol. The maximum Gasteiger partial charge on any atom is 0.212 e. The summed E-state index contributed by atoms with van der Waals surface area (Å²) in [6.07, 6.45) is 4.86. The van der Waals surface area contributed by atoms with Crippen molar-refractivity contribution in [1.82, 2.24) is 0 Å². The van der Waals surface area contributed by atoms with E-state index in [1.165, 1.54) is 35.2 Å². The monoisotopic (exact) mass is 340 g/mol. The van der Waals surface area contributed by atoms with E-state index in [4.69, 9.17) is 0 Å². The Labute approximate surface area is 149 Å². The van der Waals surface area contributed by atoms with E-state index in [1.807, 2.05) is 0 Å². The van der Waals surface area contributed by atoms with Crippen molar-refractivity contribution >= 4 is 13.3 Å². The van der Waals surface area contributed by atoms with Crippen LogP contribution in [0.15, 0.2) is 30.5 Å². The summed E-state index contributed by atoms with van der Waals surface area (Å²) in [5.74, 6) is 0.672. The normalized spacial score (nSPS) is 12.0. The lowest BCUT2D eigenvalue weighted by Gasteiger charge is -2.25. The molecule has 1 aromatic heterocycles. The van der Waals surface area contributed by atoms with Crippen molar-refractivity contribution in [3.8, 4) is 11.3 Å². The SMILES string of the molecule is CCC(CC)c1c[n+](C)c(-c2cc(C)ccc2C)cc1[Si](C)(C)C. The summed E-state index contributed by atoms with van der Waals surface area (Å²) < 4.78 is 2.35. The Hall–Kier alpha value is -1.41. The fourth-order valence-corrected chi connectivity index (χ4v) is 5.36. The molecular weight excluding hydrogens is 306 g/mol. The molecular formula is C22H34NSi+. The zero-order chi connectivity index (χ0) is 18.1. The molecule has 2 aromatic rings. The van der Waals surface area contributed by atoms with Gasteiger partial charge in [0.1, 0.15) is 7.05 Å². The lowest BCUT2D eigenvalue weighted by molar-refractivity contribution is -0.660. The van der Waals surface area contributed by atoms with Gasteiger partial charge in [-0.2, -0.15) is 0 Å². The molecule has 0 unspecified atom stereocenters. The highest BCUT2D eigenvalue weighted by Gasteiger charge is 2.28. The van der Waals surface area contributed by atoms with Gasteiger partial charge in [0.25, 0.3) is 0 Å². The Balaban J connectivity index is 2.74. The molecule has 0 radical (unpaired) electrons. The number of aromatic nitrogens is 1. The molecule has 0 bridgehead atoms. The van der Waals surface area contributed by atoms with Crippen molar-refractivity contribution < 1.29 is 4.57 Å². The highest BCUT2D eigenvalue weighted by atomic mass is 28.3. The molecule has 1 nitrogen and oxygen atoms in total. The van der Waals surface area contributed by atoms with Gasteiger partial charge in [0.2, 0.25) is 5.69 Å². The molecule has 1 aromatic carbocycles. The van der Waals surface area contributed by atoms with Crippen LogP contribution in [0.3, 0.4) is 0 Å². The van der Waals surface area contributed by atoms with E-state index in [0.29, 0.717) is 5.92 Å². The first kappa shape index (κ1) is 18.9. The predicted octanol–water partition coefficient (Wildman–Crippen LogP) is 5.24. The number of hydrogen-bond acceptors (Lipinski definition) is 0. The quantitative estimate of drug-likeness (QED) is 0.517. The van der Waals surface area contributed by atoms with Crippen molar-refractivity contribution in [2.24, 2.45) is 7.05 Å². The van der Waals surface area contributed by atoms with Gasteiger partial charge >= 0.3 is 0 Å². The third-order valence-electron chi connectivity index (χ3n) is 5.21. The van der Waals surface area contributed by atoms with Crippen molar-refractivity contribution in [1.29, 1.82) is 0 Å². The summed E-state index contributed by atoms with van der Waals surface area (Å²) in [6.45, 7) is 16.5. The minimum atomic E-state index is -1.40. The summed E-state index contributed by atoms with van der Waals surface area (Å²) in [7, 11) is 0.801. The van der Waals surface area contributed by atoms with Crippen LogP contribution in [0.2, 0.25) is 19.6 Å². The lowest BCUT2D eigenvalue weighted by atomic mass is 9.94. The second-order valence-corrected chi connectivity index (χ2v) is 13.3. The average molecular weight is 341 g/mol. The van der Waals surface area contributed by atoms with Gasteiger partial charge in [-0.05, 0) is 49.4 Å². The molecule has 130 valence electrons. The molecule has 0 spiro atoms. The van der Waals surface area contributed by atoms with E-state index in [1.54, 1.807) is 10.8 Å². The summed E-state index contributed by atoms with van der Waals surface area (Å²) >= 11 is 0. The Morgan fingerprint density at radius 3 is 2.17 bits per heavy atom. The zero-order valence-electron chi connectivity index (χ0n) is 16.8. The average Bonchev–Trinajstić information content (AvgIpc) is 2.50. The molecule has 0 fully saturated rings. The molecule has 0 saturated heterocycles. The smallest absolute Gasteiger partial charge is 0.201 e. The minimum absolute atomic E-state index is 0.672. The van der Waals surface area contributed by atoms with Gasteiger partial charge in [0.15, 0.2) is 6.20 Å². The van der Waals surface area contributed by atoms with Gasteiger partial charge in [-0.25, -0.2) is 4.57 Å². The van der Waals surface area contributed by atoms with Gasteiger partial charge in [0, 0.05) is 17.2 Å². The molecule has 0 atom stereocenters. The minimum Gasteiger partial charge on any atom is -0.201 e. The fraction of sp³-hybridized carbons (Fsp3) is 0.500. The second-order valence-electron chi connectivity index (χ2n) is 8.22. The molecule has 1 heterocycles. The van der Waals surface area contributed by atoms with Crippen molar-refractivity contribution in [3.05, 3.63) is 47.2 Å². The number of nitrogens with zero attached hydrogens (tertiary/aromatic N) is 1. The van der Waals surface area contributed by atoms with Crippen molar-refractivity contribution in [3.63, 3.8) is 0 Å². The summed E-state index contributed by atoms with van der Waals surface area (Å²) in [6, 6.07) is 9.28. The Kier molecular flexibility index (Phi) is 5.69. The lowest BCUT2D eigenvalue weighted by Crippen LogP contribution is -2.45. The third-order valence-corrected chi connectivity index (χ3v) is 7.26. The van der Waals surface area contributed by atoms with Crippen LogP contribution in [0, 0.1) is 13.8 Å². The van der Waals surface area contributed by atoms with Crippen molar-refractivity contribution in [2.45, 2.75) is 66.1 Å². The molecule has 0 aliphatic rings. The fourth-order valence-electron chi connectivity index (χ4n) is 3.65. The number of pyridine rings is 1. The van der Waals surface area contributed by atoms with Crippen molar-refractivity contribution in [2.75, 3.05) is 0 Å². The Bertz CT molecular complexity index is 721. The summed E-state index contributed by atoms with van der Waals surface area (Å²) in [5, 5.41) is 1.63. The topological polar surface area (TPSA) is 3.88 Å². The van der Waals surface area contributed by atoms with Gasteiger partial charge in [-0.15, -0.1) is 0 Å². The number of aryl methyl sites for hydroxylation is 3. The molecule has 0 aliphatic carbocycles.